The molecule has 0 bridgehead atoms. The number of nitrogens with one attached hydrogen (secondary N) is 1. The fourth-order valence-corrected chi connectivity index (χ4v) is 3.54. The van der Waals surface area contributed by atoms with Gasteiger partial charge in [0.05, 0.1) is 17.6 Å². The number of hydrogen-bond donors (Lipinski definition) is 1. The number of nitrogens with zero attached hydrogens (tertiary/aromatic N) is 1. The number of carbonyl (C=O) groups is 1. The largest absolute Gasteiger partial charge is 0.459 e. The number of esters is 1. The number of methoxy groups -OCH3 is 1. The summed E-state index contributed by atoms with van der Waals surface area (Å²) in [5.74, 6) is -2.54. The van der Waals surface area contributed by atoms with Crippen LogP contribution in [-0.2, 0) is 9.47 Å². The van der Waals surface area contributed by atoms with Crippen molar-refractivity contribution < 1.29 is 23.0 Å². The summed E-state index contributed by atoms with van der Waals surface area (Å²) in [5, 5.41) is 0.189. The molecule has 136 valence electrons. The Balaban J connectivity index is 2.10. The number of halogens is 2. The summed E-state index contributed by atoms with van der Waals surface area (Å²) in [5.41, 5.74) is -0.610. The SMILES string of the molecule is COCCOC(=O)c1sc2nc(-c3c(F)cccc3F)[nH]c(=O)c2c1C. The van der Waals surface area contributed by atoms with Gasteiger partial charge in [0.15, 0.2) is 0 Å². The highest BCUT2D eigenvalue weighted by Gasteiger charge is 2.22. The fourth-order valence-electron chi connectivity index (χ4n) is 2.46. The zero-order valence-corrected chi connectivity index (χ0v) is 14.7. The Kier molecular flexibility index (Phi) is 5.10. The molecule has 0 amide bonds. The third-order valence-corrected chi connectivity index (χ3v) is 4.87. The molecule has 0 saturated heterocycles. The van der Waals surface area contributed by atoms with Crippen LogP contribution in [0.5, 0.6) is 0 Å². The van der Waals surface area contributed by atoms with Gasteiger partial charge < -0.3 is 14.5 Å². The first-order chi connectivity index (χ1) is 12.4. The van der Waals surface area contributed by atoms with Crippen molar-refractivity contribution in [1.82, 2.24) is 9.97 Å². The van der Waals surface area contributed by atoms with E-state index in [0.29, 0.717) is 5.56 Å². The van der Waals surface area contributed by atoms with Crippen molar-refractivity contribution in [1.29, 1.82) is 0 Å². The van der Waals surface area contributed by atoms with Crippen molar-refractivity contribution in [3.63, 3.8) is 0 Å². The zero-order valence-electron chi connectivity index (χ0n) is 13.9. The number of thiophene rings is 1. The Morgan fingerprint density at radius 3 is 2.62 bits per heavy atom. The predicted octanol–water partition coefficient (Wildman–Crippen LogP) is 3.04. The Hall–Kier alpha value is -2.65. The molecular formula is C17H14F2N2O4S. The first-order valence-electron chi connectivity index (χ1n) is 7.58. The van der Waals surface area contributed by atoms with Crippen LogP contribution >= 0.6 is 11.3 Å². The minimum absolute atomic E-state index is 0.0679. The Bertz CT molecular complexity index is 1020. The number of hydrogen-bond acceptors (Lipinski definition) is 6. The van der Waals surface area contributed by atoms with Gasteiger partial charge >= 0.3 is 5.97 Å². The molecule has 26 heavy (non-hydrogen) atoms. The maximum Gasteiger partial charge on any atom is 0.348 e. The molecule has 6 nitrogen and oxygen atoms in total. The maximum atomic E-state index is 14.0. The van der Waals surface area contributed by atoms with E-state index in [9.17, 15) is 18.4 Å². The maximum absolute atomic E-state index is 14.0. The molecule has 0 atom stereocenters. The fraction of sp³-hybridized carbons (Fsp3) is 0.235. The van der Waals surface area contributed by atoms with E-state index in [4.69, 9.17) is 9.47 Å². The Labute approximate surface area is 150 Å². The van der Waals surface area contributed by atoms with Crippen LogP contribution in [0.3, 0.4) is 0 Å². The van der Waals surface area contributed by atoms with Gasteiger partial charge in [-0.05, 0) is 24.6 Å². The lowest BCUT2D eigenvalue weighted by Crippen LogP contribution is -2.11. The molecule has 3 rings (SSSR count). The van der Waals surface area contributed by atoms with Crippen LogP contribution in [0.2, 0.25) is 0 Å². The number of rotatable bonds is 5. The van der Waals surface area contributed by atoms with Gasteiger partial charge in [-0.2, -0.15) is 0 Å². The monoisotopic (exact) mass is 380 g/mol. The van der Waals surface area contributed by atoms with Gasteiger partial charge in [-0.3, -0.25) is 4.79 Å². The number of ether oxygens (including phenoxy) is 2. The highest BCUT2D eigenvalue weighted by molar-refractivity contribution is 7.20. The summed E-state index contributed by atoms with van der Waals surface area (Å²) < 4.78 is 37.8. The highest BCUT2D eigenvalue weighted by Crippen LogP contribution is 2.30. The van der Waals surface area contributed by atoms with Crippen molar-refractivity contribution in [2.24, 2.45) is 0 Å². The van der Waals surface area contributed by atoms with Gasteiger partial charge in [-0.1, -0.05) is 6.07 Å². The molecule has 0 radical (unpaired) electrons. The first-order valence-corrected chi connectivity index (χ1v) is 8.39. The lowest BCUT2D eigenvalue weighted by atomic mass is 10.1. The van der Waals surface area contributed by atoms with E-state index < -0.39 is 28.7 Å². The smallest absolute Gasteiger partial charge is 0.348 e. The van der Waals surface area contributed by atoms with E-state index in [1.807, 2.05) is 0 Å². The van der Waals surface area contributed by atoms with E-state index in [2.05, 4.69) is 9.97 Å². The number of H-pyrrole nitrogens is 1. The van der Waals surface area contributed by atoms with Gasteiger partial charge in [-0.15, -0.1) is 11.3 Å². The normalized spacial score (nSPS) is 11.1. The molecule has 1 aromatic carbocycles. The van der Waals surface area contributed by atoms with Crippen LogP contribution < -0.4 is 5.56 Å². The highest BCUT2D eigenvalue weighted by atomic mass is 32.1. The minimum atomic E-state index is -0.847. The second kappa shape index (κ2) is 7.30. The van der Waals surface area contributed by atoms with Crippen molar-refractivity contribution in [2.45, 2.75) is 6.92 Å². The molecule has 0 fully saturated rings. The van der Waals surface area contributed by atoms with Gasteiger partial charge in [0.2, 0.25) is 0 Å². The molecule has 0 saturated carbocycles. The summed E-state index contributed by atoms with van der Waals surface area (Å²) in [6.45, 7) is 1.90. The number of benzene rings is 1. The quantitative estimate of drug-likeness (QED) is 0.544. The number of carbonyl (C=O) groups excluding carboxylic acids is 1. The van der Waals surface area contributed by atoms with Gasteiger partial charge in [0.1, 0.15) is 33.8 Å². The Morgan fingerprint density at radius 1 is 1.27 bits per heavy atom. The van der Waals surface area contributed by atoms with Crippen molar-refractivity contribution >= 4 is 27.5 Å². The molecule has 1 N–H and O–H groups in total. The van der Waals surface area contributed by atoms with Crippen LogP contribution in [0, 0.1) is 18.6 Å². The molecule has 0 spiro atoms. The van der Waals surface area contributed by atoms with Crippen molar-refractivity contribution in [3.8, 4) is 11.4 Å². The van der Waals surface area contributed by atoms with Gasteiger partial charge in [0.25, 0.3) is 5.56 Å². The summed E-state index contributed by atoms with van der Waals surface area (Å²) in [6, 6.07) is 3.36. The third-order valence-electron chi connectivity index (χ3n) is 3.71. The lowest BCUT2D eigenvalue weighted by Gasteiger charge is -2.04. The Morgan fingerprint density at radius 2 is 1.96 bits per heavy atom. The molecular weight excluding hydrogens is 366 g/mol. The first kappa shape index (κ1) is 18.2. The second-order valence-electron chi connectivity index (χ2n) is 5.38. The molecule has 0 unspecified atom stereocenters. The minimum Gasteiger partial charge on any atom is -0.459 e. The zero-order chi connectivity index (χ0) is 18.8. The van der Waals surface area contributed by atoms with E-state index in [1.165, 1.54) is 13.2 Å². The van der Waals surface area contributed by atoms with Crippen LogP contribution in [-0.4, -0.2) is 36.3 Å². The average molecular weight is 380 g/mol. The summed E-state index contributed by atoms with van der Waals surface area (Å²) in [7, 11) is 1.48. The number of fused-ring (bicyclic) bond motifs is 1. The second-order valence-corrected chi connectivity index (χ2v) is 6.38. The molecule has 3 aromatic rings. The molecule has 0 aliphatic heterocycles. The molecule has 9 heteroatoms. The van der Waals surface area contributed by atoms with Crippen molar-refractivity contribution in [3.05, 3.63) is 50.6 Å². The molecule has 0 aliphatic carbocycles. The van der Waals surface area contributed by atoms with Crippen molar-refractivity contribution in [2.75, 3.05) is 20.3 Å². The summed E-state index contributed by atoms with van der Waals surface area (Å²) >= 11 is 0.933. The number of aromatic nitrogens is 2. The standard InChI is InChI=1S/C17H14F2N2O4S/c1-8-11-15(22)20-14(12-9(18)4-3-5-10(12)19)21-16(11)26-13(8)17(23)25-7-6-24-2/h3-5H,6-7H2,1-2H3,(H,20,21,22). The molecule has 2 aromatic heterocycles. The van der Waals surface area contributed by atoms with Gasteiger partial charge in [0, 0.05) is 7.11 Å². The number of aryl methyl sites for hydroxylation is 1. The van der Waals surface area contributed by atoms with E-state index in [1.54, 1.807) is 6.92 Å². The molecule has 2 heterocycles. The average Bonchev–Trinajstić information content (AvgIpc) is 2.92. The van der Waals surface area contributed by atoms with Crippen LogP contribution in [0.15, 0.2) is 23.0 Å². The summed E-state index contributed by atoms with van der Waals surface area (Å²) in [4.78, 5) is 31.5. The predicted molar refractivity (Wildman–Crippen MR) is 92.5 cm³/mol. The van der Waals surface area contributed by atoms with E-state index in [0.717, 1.165) is 23.5 Å². The van der Waals surface area contributed by atoms with Crippen LogP contribution in [0.25, 0.3) is 21.6 Å². The van der Waals surface area contributed by atoms with E-state index >= 15 is 0 Å². The number of aromatic amines is 1. The third kappa shape index (κ3) is 3.23. The lowest BCUT2D eigenvalue weighted by molar-refractivity contribution is 0.0393. The summed E-state index contributed by atoms with van der Waals surface area (Å²) in [6.07, 6.45) is 0. The van der Waals surface area contributed by atoms with E-state index in [-0.39, 0.29) is 34.1 Å². The topological polar surface area (TPSA) is 81.3 Å². The van der Waals surface area contributed by atoms with Crippen LogP contribution in [0.4, 0.5) is 8.78 Å². The van der Waals surface area contributed by atoms with Crippen LogP contribution in [0.1, 0.15) is 15.2 Å². The molecule has 0 aliphatic rings. The van der Waals surface area contributed by atoms with Gasteiger partial charge in [-0.25, -0.2) is 18.6 Å².